The van der Waals surface area contributed by atoms with Crippen LogP contribution >= 0.6 is 0 Å². The Hall–Kier alpha value is -2.43. The first-order valence-electron chi connectivity index (χ1n) is 12.5. The van der Waals surface area contributed by atoms with Crippen molar-refractivity contribution in [2.45, 2.75) is 88.6 Å². The number of ether oxygens (including phenoxy) is 2. The highest BCUT2D eigenvalue weighted by atomic mass is 19.3. The molecule has 1 heterocycles. The molecule has 3 saturated carbocycles. The molecular formula is C28H30F2O5. The van der Waals surface area contributed by atoms with Gasteiger partial charge < -0.3 is 19.7 Å². The second-order valence-corrected chi connectivity index (χ2v) is 11.3. The summed E-state index contributed by atoms with van der Waals surface area (Å²) >= 11 is 0. The molecule has 0 radical (unpaired) electrons. The lowest BCUT2D eigenvalue weighted by Gasteiger charge is -2.55. The number of rotatable bonds is 1. The molecule has 3 fully saturated rings. The van der Waals surface area contributed by atoms with Crippen molar-refractivity contribution in [1.82, 2.24) is 0 Å². The van der Waals surface area contributed by atoms with Crippen molar-refractivity contribution < 1.29 is 33.3 Å². The molecule has 5 nitrogen and oxygen atoms in total. The van der Waals surface area contributed by atoms with Gasteiger partial charge in [0, 0.05) is 24.2 Å². The van der Waals surface area contributed by atoms with Crippen molar-refractivity contribution >= 4 is 5.78 Å². The van der Waals surface area contributed by atoms with Gasteiger partial charge in [0.1, 0.15) is 11.4 Å². The molecule has 186 valence electrons. The van der Waals surface area contributed by atoms with Crippen LogP contribution in [0.2, 0.25) is 0 Å². The maximum atomic E-state index is 13.7. The van der Waals surface area contributed by atoms with E-state index in [4.69, 9.17) is 4.74 Å². The smallest absolute Gasteiger partial charge is 0.395 e. The van der Waals surface area contributed by atoms with Crippen LogP contribution in [0.15, 0.2) is 29.3 Å². The van der Waals surface area contributed by atoms with Crippen molar-refractivity contribution in [3.8, 4) is 23.3 Å². The number of fused-ring (bicyclic) bond motifs is 5. The van der Waals surface area contributed by atoms with E-state index < -0.39 is 22.9 Å². The van der Waals surface area contributed by atoms with E-state index >= 15 is 0 Å². The van der Waals surface area contributed by atoms with E-state index in [1.165, 1.54) is 6.07 Å². The van der Waals surface area contributed by atoms with Crippen LogP contribution in [0, 0.1) is 29.1 Å². The molecule has 1 aromatic carbocycles. The minimum absolute atomic E-state index is 0.00881. The number of hydrogen-bond donors (Lipinski definition) is 2. The molecule has 5 aliphatic rings. The lowest BCUT2D eigenvalue weighted by atomic mass is 9.50. The van der Waals surface area contributed by atoms with Crippen molar-refractivity contribution in [2.24, 2.45) is 17.3 Å². The highest BCUT2D eigenvalue weighted by Crippen LogP contribution is 2.67. The predicted octanol–water partition coefficient (Wildman–Crippen LogP) is 4.86. The fourth-order valence-corrected chi connectivity index (χ4v) is 8.00. The van der Waals surface area contributed by atoms with E-state index in [1.807, 2.05) is 0 Å². The number of aliphatic hydroxyl groups is 2. The SMILES string of the molecule is CC#C[C@]1(O)CC[C@H]2[C@@H]3CC[C@@]4(O)CC(=O)CCC4=C3[C@@H](c3ccc4c(c3)OC(F)(F)O4)C[C@@]21C. The van der Waals surface area contributed by atoms with E-state index in [0.29, 0.717) is 32.1 Å². The highest BCUT2D eigenvalue weighted by Gasteiger charge is 2.63. The molecule has 0 spiro atoms. The highest BCUT2D eigenvalue weighted by molar-refractivity contribution is 5.82. The number of alkyl halides is 2. The third kappa shape index (κ3) is 3.22. The number of halogens is 2. The fourth-order valence-electron chi connectivity index (χ4n) is 8.00. The molecule has 1 aromatic rings. The zero-order valence-electron chi connectivity index (χ0n) is 20.0. The average Bonchev–Trinajstić information content (AvgIpc) is 3.23. The lowest BCUT2D eigenvalue weighted by Crippen LogP contribution is -2.53. The van der Waals surface area contributed by atoms with Crippen molar-refractivity contribution in [3.63, 3.8) is 0 Å². The minimum atomic E-state index is -3.70. The molecule has 2 N–H and O–H groups in total. The summed E-state index contributed by atoms with van der Waals surface area (Å²) in [7, 11) is 0. The van der Waals surface area contributed by atoms with Crippen LogP contribution in [-0.4, -0.2) is 33.5 Å². The van der Waals surface area contributed by atoms with Crippen LogP contribution in [0.1, 0.15) is 76.7 Å². The van der Waals surface area contributed by atoms with Gasteiger partial charge in [0.05, 0.1) is 5.60 Å². The quantitative estimate of drug-likeness (QED) is 0.440. The van der Waals surface area contributed by atoms with Crippen LogP contribution < -0.4 is 9.47 Å². The number of hydrogen-bond acceptors (Lipinski definition) is 5. The normalized spacial score (nSPS) is 41.0. The minimum Gasteiger partial charge on any atom is -0.395 e. The Balaban J connectivity index is 1.52. The predicted molar refractivity (Wildman–Crippen MR) is 123 cm³/mol. The summed E-state index contributed by atoms with van der Waals surface area (Å²) in [5.41, 5.74) is 0.0794. The molecule has 0 aromatic heterocycles. The van der Waals surface area contributed by atoms with Crippen molar-refractivity contribution in [1.29, 1.82) is 0 Å². The van der Waals surface area contributed by atoms with Crippen LogP contribution in [0.4, 0.5) is 8.78 Å². The second kappa shape index (κ2) is 7.30. The Bertz CT molecular complexity index is 1210. The molecule has 0 bridgehead atoms. The Morgan fingerprint density at radius 3 is 2.63 bits per heavy atom. The molecule has 0 amide bonds. The van der Waals surface area contributed by atoms with Gasteiger partial charge in [-0.15, -0.1) is 14.7 Å². The van der Waals surface area contributed by atoms with E-state index in [2.05, 4.69) is 23.5 Å². The van der Waals surface area contributed by atoms with Gasteiger partial charge in [-0.25, -0.2) is 0 Å². The van der Waals surface area contributed by atoms with Gasteiger partial charge in [-0.05, 0) is 80.6 Å². The molecule has 35 heavy (non-hydrogen) atoms. The third-order valence-corrected chi connectivity index (χ3v) is 9.55. The largest absolute Gasteiger partial charge is 0.586 e. The van der Waals surface area contributed by atoms with Gasteiger partial charge in [-0.1, -0.05) is 24.5 Å². The van der Waals surface area contributed by atoms with E-state index in [9.17, 15) is 23.8 Å². The fraction of sp³-hybridized carbons (Fsp3) is 0.607. The monoisotopic (exact) mass is 484 g/mol. The number of allylic oxidation sites excluding steroid dienone is 1. The summed E-state index contributed by atoms with van der Waals surface area (Å²) in [5, 5.41) is 23.3. The number of Topliss-reactive ketones (excluding diaryl/α,β-unsaturated/α-hetero) is 1. The maximum absolute atomic E-state index is 13.7. The Morgan fingerprint density at radius 1 is 1.09 bits per heavy atom. The number of ketones is 1. The molecule has 0 saturated heterocycles. The first-order valence-corrected chi connectivity index (χ1v) is 12.5. The zero-order valence-corrected chi connectivity index (χ0v) is 20.0. The summed E-state index contributed by atoms with van der Waals surface area (Å²) in [4.78, 5) is 12.3. The summed E-state index contributed by atoms with van der Waals surface area (Å²) in [6.07, 6.45) is 0.572. The standard InChI is InChI=1S/C28H30F2O5/c1-3-10-27(33)12-9-20-18-8-11-26(32)14-17(31)5-6-21(26)24(18)19(15-25(20,27)2)16-4-7-22-23(13-16)35-28(29,30)34-22/h4,7,13,18-20,32-33H,5-6,8-9,11-12,14-15H2,1-2H3/t18-,19+,20-,25-,26+,27-/m0/s1. The Labute approximate surface area is 203 Å². The molecule has 6 rings (SSSR count). The van der Waals surface area contributed by atoms with Gasteiger partial charge in [0.25, 0.3) is 0 Å². The van der Waals surface area contributed by atoms with Gasteiger partial charge in [-0.2, -0.15) is 0 Å². The molecule has 6 atom stereocenters. The van der Waals surface area contributed by atoms with Crippen LogP contribution in [0.5, 0.6) is 11.5 Å². The van der Waals surface area contributed by atoms with Gasteiger partial charge in [0.2, 0.25) is 0 Å². The maximum Gasteiger partial charge on any atom is 0.586 e. The molecule has 7 heteroatoms. The van der Waals surface area contributed by atoms with Gasteiger partial charge in [0.15, 0.2) is 11.5 Å². The molecule has 4 aliphatic carbocycles. The van der Waals surface area contributed by atoms with Gasteiger partial charge >= 0.3 is 6.29 Å². The number of carbonyl (C=O) groups is 1. The first-order chi connectivity index (χ1) is 16.5. The average molecular weight is 485 g/mol. The number of carbonyl (C=O) groups excluding carboxylic acids is 1. The van der Waals surface area contributed by atoms with E-state index in [0.717, 1.165) is 29.6 Å². The molecule has 1 aliphatic heterocycles. The second-order valence-electron chi connectivity index (χ2n) is 11.3. The first kappa shape index (κ1) is 23.0. The Kier molecular flexibility index (Phi) is 4.80. The topological polar surface area (TPSA) is 76.0 Å². The third-order valence-electron chi connectivity index (χ3n) is 9.55. The number of benzene rings is 1. The van der Waals surface area contributed by atoms with Crippen LogP contribution in [-0.2, 0) is 4.79 Å². The summed E-state index contributed by atoms with van der Waals surface area (Å²) in [6.45, 7) is 3.84. The van der Waals surface area contributed by atoms with Crippen LogP contribution in [0.3, 0.4) is 0 Å². The summed E-state index contributed by atoms with van der Waals surface area (Å²) in [5.74, 6) is 6.18. The van der Waals surface area contributed by atoms with Crippen molar-refractivity contribution in [2.75, 3.05) is 0 Å². The van der Waals surface area contributed by atoms with E-state index in [-0.39, 0.29) is 41.5 Å². The summed E-state index contributed by atoms with van der Waals surface area (Å²) < 4.78 is 36.9. The van der Waals surface area contributed by atoms with E-state index in [1.54, 1.807) is 19.1 Å². The zero-order chi connectivity index (χ0) is 24.8. The lowest BCUT2D eigenvalue weighted by molar-refractivity contribution is -0.286. The molecule has 0 unspecified atom stereocenters. The molecular weight excluding hydrogens is 454 g/mol. The van der Waals surface area contributed by atoms with Crippen LogP contribution in [0.25, 0.3) is 0 Å². The van der Waals surface area contributed by atoms with Crippen molar-refractivity contribution in [3.05, 3.63) is 34.9 Å². The summed E-state index contributed by atoms with van der Waals surface area (Å²) in [6, 6.07) is 4.90. The Morgan fingerprint density at radius 2 is 1.86 bits per heavy atom. The van der Waals surface area contributed by atoms with Gasteiger partial charge in [-0.3, -0.25) is 4.79 Å².